The number of aliphatic hydroxyl groups excluding tert-OH is 1. The van der Waals surface area contributed by atoms with Crippen LogP contribution < -0.4 is 5.32 Å². The Morgan fingerprint density at radius 3 is 2.80 bits per heavy atom. The Morgan fingerprint density at radius 2 is 2.16 bits per heavy atom. The molecule has 0 amide bonds. The molecule has 25 heavy (non-hydrogen) atoms. The molecule has 2 aromatic rings. The summed E-state index contributed by atoms with van der Waals surface area (Å²) in [7, 11) is 0. The molecule has 0 aliphatic rings. The van der Waals surface area contributed by atoms with Crippen molar-refractivity contribution in [2.24, 2.45) is 5.92 Å². The van der Waals surface area contributed by atoms with E-state index in [0.717, 1.165) is 12.8 Å². The van der Waals surface area contributed by atoms with Crippen molar-refractivity contribution in [3.8, 4) is 11.4 Å². The first-order chi connectivity index (χ1) is 11.9. The number of rotatable bonds is 9. The largest absolute Gasteiger partial charge is 0.392 e. The van der Waals surface area contributed by atoms with E-state index in [1.165, 1.54) is 12.1 Å². The normalized spacial score (nSPS) is 13.8. The summed E-state index contributed by atoms with van der Waals surface area (Å²) < 4.78 is 5.36. The topological polar surface area (TPSA) is 114 Å². The van der Waals surface area contributed by atoms with Gasteiger partial charge < -0.3 is 14.9 Å². The number of hydrogen-bond donors (Lipinski definition) is 2. The van der Waals surface area contributed by atoms with E-state index in [2.05, 4.69) is 15.5 Å². The van der Waals surface area contributed by atoms with Gasteiger partial charge in [-0.2, -0.15) is 4.98 Å². The molecule has 2 rings (SSSR count). The van der Waals surface area contributed by atoms with Crippen LogP contribution in [0.1, 0.15) is 45.5 Å². The first-order valence-corrected chi connectivity index (χ1v) is 8.42. The van der Waals surface area contributed by atoms with Crippen LogP contribution in [0.2, 0.25) is 0 Å². The molecule has 2 atom stereocenters. The average Bonchev–Trinajstić information content (AvgIpc) is 3.05. The number of non-ortho nitro benzene ring substituents is 1. The average molecular weight is 348 g/mol. The van der Waals surface area contributed by atoms with Gasteiger partial charge in [0.25, 0.3) is 5.69 Å². The predicted molar refractivity (Wildman–Crippen MR) is 92.9 cm³/mol. The summed E-state index contributed by atoms with van der Waals surface area (Å²) in [5, 5.41) is 28.0. The Bertz CT molecular complexity index is 701. The second-order valence-corrected chi connectivity index (χ2v) is 6.34. The van der Waals surface area contributed by atoms with Crippen LogP contribution in [-0.2, 0) is 0 Å². The van der Waals surface area contributed by atoms with Crippen LogP contribution in [0.3, 0.4) is 0 Å². The zero-order valence-electron chi connectivity index (χ0n) is 14.7. The molecule has 0 bridgehead atoms. The molecule has 1 aromatic heterocycles. The number of hydrogen-bond acceptors (Lipinski definition) is 7. The van der Waals surface area contributed by atoms with Crippen molar-refractivity contribution in [2.45, 2.75) is 45.8 Å². The second kappa shape index (κ2) is 8.68. The molecule has 1 aromatic carbocycles. The van der Waals surface area contributed by atoms with Gasteiger partial charge in [0, 0.05) is 24.2 Å². The molecule has 0 saturated heterocycles. The van der Waals surface area contributed by atoms with Crippen LogP contribution in [0.15, 0.2) is 28.8 Å². The Morgan fingerprint density at radius 1 is 1.40 bits per heavy atom. The van der Waals surface area contributed by atoms with Crippen molar-refractivity contribution in [1.82, 2.24) is 15.5 Å². The highest BCUT2D eigenvalue weighted by Crippen LogP contribution is 2.25. The zero-order valence-corrected chi connectivity index (χ0v) is 14.7. The highest BCUT2D eigenvalue weighted by Gasteiger charge is 2.23. The van der Waals surface area contributed by atoms with Crippen molar-refractivity contribution < 1.29 is 14.6 Å². The van der Waals surface area contributed by atoms with E-state index in [9.17, 15) is 15.2 Å². The van der Waals surface area contributed by atoms with Crippen LogP contribution >= 0.6 is 0 Å². The highest BCUT2D eigenvalue weighted by atomic mass is 16.6. The van der Waals surface area contributed by atoms with Gasteiger partial charge in [-0.1, -0.05) is 44.5 Å². The molecule has 0 radical (unpaired) electrons. The third-order valence-electron chi connectivity index (χ3n) is 3.88. The monoisotopic (exact) mass is 348 g/mol. The molecule has 1 heterocycles. The summed E-state index contributed by atoms with van der Waals surface area (Å²) in [5.74, 6) is 0.882. The Balaban J connectivity index is 2.16. The molecular weight excluding hydrogens is 324 g/mol. The lowest BCUT2D eigenvalue weighted by atomic mass is 10.0. The molecule has 136 valence electrons. The lowest BCUT2D eigenvalue weighted by Crippen LogP contribution is -2.33. The lowest BCUT2D eigenvalue weighted by Gasteiger charge is -2.20. The van der Waals surface area contributed by atoms with Crippen LogP contribution in [-0.4, -0.2) is 32.8 Å². The fourth-order valence-corrected chi connectivity index (χ4v) is 2.54. The number of benzene rings is 1. The van der Waals surface area contributed by atoms with Gasteiger partial charge in [0.2, 0.25) is 11.7 Å². The molecule has 0 spiro atoms. The zero-order chi connectivity index (χ0) is 18.4. The summed E-state index contributed by atoms with van der Waals surface area (Å²) in [4.78, 5) is 14.8. The fourth-order valence-electron chi connectivity index (χ4n) is 2.54. The lowest BCUT2D eigenvalue weighted by molar-refractivity contribution is -0.384. The SMILES string of the molecule is CCC[C@H](O)CN[C@@H](c1nc(-c2cccc([N+](=O)[O-])c2)no1)C(C)C. The van der Waals surface area contributed by atoms with E-state index >= 15 is 0 Å². The van der Waals surface area contributed by atoms with Crippen molar-refractivity contribution in [2.75, 3.05) is 6.54 Å². The molecule has 8 nitrogen and oxygen atoms in total. The number of nitrogens with zero attached hydrogens (tertiary/aromatic N) is 3. The maximum atomic E-state index is 10.9. The van der Waals surface area contributed by atoms with Crippen LogP contribution in [0.4, 0.5) is 5.69 Å². The van der Waals surface area contributed by atoms with Gasteiger partial charge in [0.05, 0.1) is 17.1 Å². The van der Waals surface area contributed by atoms with Crippen molar-refractivity contribution in [3.63, 3.8) is 0 Å². The van der Waals surface area contributed by atoms with Crippen molar-refractivity contribution >= 4 is 5.69 Å². The predicted octanol–water partition coefficient (Wildman–Crippen LogP) is 3.09. The van der Waals surface area contributed by atoms with Gasteiger partial charge in [-0.25, -0.2) is 0 Å². The molecule has 2 N–H and O–H groups in total. The summed E-state index contributed by atoms with van der Waals surface area (Å²) in [6.45, 7) is 6.49. The van der Waals surface area contributed by atoms with Crippen molar-refractivity contribution in [1.29, 1.82) is 0 Å². The highest BCUT2D eigenvalue weighted by molar-refractivity contribution is 5.58. The summed E-state index contributed by atoms with van der Waals surface area (Å²) in [5.41, 5.74) is 0.503. The smallest absolute Gasteiger partial charge is 0.270 e. The Hall–Kier alpha value is -2.32. The third kappa shape index (κ3) is 5.07. The van der Waals surface area contributed by atoms with Gasteiger partial charge in [-0.3, -0.25) is 10.1 Å². The summed E-state index contributed by atoms with van der Waals surface area (Å²) in [6, 6.07) is 5.91. The van der Waals surface area contributed by atoms with E-state index in [1.54, 1.807) is 12.1 Å². The van der Waals surface area contributed by atoms with Crippen molar-refractivity contribution in [3.05, 3.63) is 40.3 Å². The van der Waals surface area contributed by atoms with E-state index in [-0.39, 0.29) is 17.6 Å². The van der Waals surface area contributed by atoms with E-state index < -0.39 is 11.0 Å². The molecule has 0 aliphatic carbocycles. The third-order valence-corrected chi connectivity index (χ3v) is 3.88. The minimum absolute atomic E-state index is 0.0231. The number of aliphatic hydroxyl groups is 1. The van der Waals surface area contributed by atoms with Gasteiger partial charge in [-0.15, -0.1) is 0 Å². The van der Waals surface area contributed by atoms with Gasteiger partial charge in [0.15, 0.2) is 0 Å². The van der Waals surface area contributed by atoms with Gasteiger partial charge in [0.1, 0.15) is 0 Å². The first kappa shape index (κ1) is 19.0. The fraction of sp³-hybridized carbons (Fsp3) is 0.529. The standard InChI is InChI=1S/C17H24N4O4/c1-4-6-14(22)10-18-15(11(2)3)17-19-16(20-25-17)12-7-5-8-13(9-12)21(23)24/h5,7-9,11,14-15,18,22H,4,6,10H2,1-3H3/t14-,15+/m0/s1. The number of nitrogens with one attached hydrogen (secondary N) is 1. The molecule has 0 fully saturated rings. The number of nitro groups is 1. The first-order valence-electron chi connectivity index (χ1n) is 8.42. The van der Waals surface area contributed by atoms with Crippen LogP contribution in [0.5, 0.6) is 0 Å². The molecular formula is C17H24N4O4. The van der Waals surface area contributed by atoms with E-state index in [1.807, 2.05) is 20.8 Å². The molecule has 0 saturated carbocycles. The van der Waals surface area contributed by atoms with Crippen LogP contribution in [0.25, 0.3) is 11.4 Å². The molecule has 0 unspecified atom stereocenters. The minimum Gasteiger partial charge on any atom is -0.392 e. The maximum Gasteiger partial charge on any atom is 0.270 e. The summed E-state index contributed by atoms with van der Waals surface area (Å²) in [6.07, 6.45) is 1.21. The maximum absolute atomic E-state index is 10.9. The molecule has 0 aliphatic heterocycles. The minimum atomic E-state index is -0.460. The van der Waals surface area contributed by atoms with Gasteiger partial charge in [-0.05, 0) is 12.3 Å². The molecule has 8 heteroatoms. The van der Waals surface area contributed by atoms with Gasteiger partial charge >= 0.3 is 0 Å². The van der Waals surface area contributed by atoms with Crippen LogP contribution in [0, 0.1) is 16.0 Å². The Kier molecular flexibility index (Phi) is 6.60. The van der Waals surface area contributed by atoms with E-state index in [0.29, 0.717) is 23.8 Å². The Labute approximate surface area is 146 Å². The number of nitro benzene ring substituents is 1. The second-order valence-electron chi connectivity index (χ2n) is 6.34. The number of aromatic nitrogens is 2. The quantitative estimate of drug-likeness (QED) is 0.528. The summed E-state index contributed by atoms with van der Waals surface area (Å²) >= 11 is 0. The van der Waals surface area contributed by atoms with E-state index in [4.69, 9.17) is 4.52 Å².